The number of aromatic nitrogens is 1. The molecule has 0 atom stereocenters. The number of H-pyrrole nitrogens is 1. The fourth-order valence-corrected chi connectivity index (χ4v) is 2.76. The Morgan fingerprint density at radius 2 is 1.76 bits per heavy atom. The summed E-state index contributed by atoms with van der Waals surface area (Å²) in [5, 5.41) is 9.29. The standard InChI is InChI=1S/C21H15F3N2O3/c1-13-9-18(19(11-25)20(27)26-13)15-4-2-3-14(10-15)12-28-16-5-7-17(8-6-16)29-21(22,23)24/h2-10H,12H2,1H3,(H,26,27). The Kier molecular flexibility index (Phi) is 5.59. The second-order valence-corrected chi connectivity index (χ2v) is 6.19. The lowest BCUT2D eigenvalue weighted by atomic mass is 9.99. The lowest BCUT2D eigenvalue weighted by molar-refractivity contribution is -0.274. The first-order valence-electron chi connectivity index (χ1n) is 8.47. The number of aryl methyl sites for hydroxylation is 1. The van der Waals surface area contributed by atoms with Crippen molar-refractivity contribution in [1.82, 2.24) is 4.98 Å². The molecule has 148 valence electrons. The molecular formula is C21H15F3N2O3. The van der Waals surface area contributed by atoms with Crippen LogP contribution in [0.25, 0.3) is 11.1 Å². The van der Waals surface area contributed by atoms with Gasteiger partial charge in [0.1, 0.15) is 29.7 Å². The maximum atomic E-state index is 12.2. The highest BCUT2D eigenvalue weighted by molar-refractivity contribution is 5.70. The van der Waals surface area contributed by atoms with E-state index in [0.717, 1.165) is 17.7 Å². The zero-order chi connectivity index (χ0) is 21.0. The molecule has 1 N–H and O–H groups in total. The number of benzene rings is 2. The van der Waals surface area contributed by atoms with Crippen LogP contribution in [0.15, 0.2) is 59.4 Å². The van der Waals surface area contributed by atoms with Gasteiger partial charge < -0.3 is 14.5 Å². The minimum absolute atomic E-state index is 0.0221. The molecule has 0 bridgehead atoms. The number of nitrogens with one attached hydrogen (secondary N) is 1. The summed E-state index contributed by atoms with van der Waals surface area (Å²) in [5.41, 5.74) is 2.17. The van der Waals surface area contributed by atoms with Crippen molar-refractivity contribution in [2.45, 2.75) is 19.9 Å². The number of rotatable bonds is 5. The second-order valence-electron chi connectivity index (χ2n) is 6.19. The molecule has 2 aromatic carbocycles. The van der Waals surface area contributed by atoms with Crippen LogP contribution in [-0.4, -0.2) is 11.3 Å². The van der Waals surface area contributed by atoms with Crippen LogP contribution in [0.4, 0.5) is 13.2 Å². The van der Waals surface area contributed by atoms with E-state index in [2.05, 4.69) is 9.72 Å². The molecule has 8 heteroatoms. The zero-order valence-electron chi connectivity index (χ0n) is 15.2. The van der Waals surface area contributed by atoms with Crippen LogP contribution < -0.4 is 15.0 Å². The molecule has 0 aliphatic rings. The molecule has 0 saturated heterocycles. The first kappa shape index (κ1) is 20.0. The molecule has 0 saturated carbocycles. The quantitative estimate of drug-likeness (QED) is 0.674. The molecule has 3 rings (SSSR count). The highest BCUT2D eigenvalue weighted by Crippen LogP contribution is 2.26. The van der Waals surface area contributed by atoms with Gasteiger partial charge in [0.2, 0.25) is 0 Å². The molecule has 5 nitrogen and oxygen atoms in total. The summed E-state index contributed by atoms with van der Waals surface area (Å²) >= 11 is 0. The smallest absolute Gasteiger partial charge is 0.489 e. The van der Waals surface area contributed by atoms with Gasteiger partial charge in [0.15, 0.2) is 0 Å². The summed E-state index contributed by atoms with van der Waals surface area (Å²) in [5.74, 6) is 0.0372. The van der Waals surface area contributed by atoms with Crippen LogP contribution in [0, 0.1) is 18.3 Å². The number of aromatic amines is 1. The summed E-state index contributed by atoms with van der Waals surface area (Å²) in [6, 6.07) is 15.9. The maximum Gasteiger partial charge on any atom is 0.573 e. The topological polar surface area (TPSA) is 75.1 Å². The van der Waals surface area contributed by atoms with Crippen LogP contribution in [0.1, 0.15) is 16.8 Å². The fraction of sp³-hybridized carbons (Fsp3) is 0.143. The second kappa shape index (κ2) is 8.10. The van der Waals surface area contributed by atoms with E-state index in [9.17, 15) is 23.2 Å². The largest absolute Gasteiger partial charge is 0.573 e. The molecule has 1 heterocycles. The van der Waals surface area contributed by atoms with E-state index in [0.29, 0.717) is 22.6 Å². The lowest BCUT2D eigenvalue weighted by Crippen LogP contribution is -2.16. The van der Waals surface area contributed by atoms with Crippen molar-refractivity contribution in [2.24, 2.45) is 0 Å². The van der Waals surface area contributed by atoms with Gasteiger partial charge in [-0.15, -0.1) is 13.2 Å². The zero-order valence-corrected chi connectivity index (χ0v) is 15.2. The van der Waals surface area contributed by atoms with Gasteiger partial charge in [-0.2, -0.15) is 5.26 Å². The molecule has 0 amide bonds. The van der Waals surface area contributed by atoms with Crippen molar-refractivity contribution >= 4 is 0 Å². The van der Waals surface area contributed by atoms with Crippen molar-refractivity contribution in [3.8, 4) is 28.7 Å². The maximum absolute atomic E-state index is 12.2. The summed E-state index contributed by atoms with van der Waals surface area (Å²) in [4.78, 5) is 14.6. The molecular weight excluding hydrogens is 385 g/mol. The molecule has 3 aromatic rings. The molecule has 0 spiro atoms. The van der Waals surface area contributed by atoms with Crippen LogP contribution in [-0.2, 0) is 6.61 Å². The Hall–Kier alpha value is -3.73. The van der Waals surface area contributed by atoms with Crippen molar-refractivity contribution in [3.05, 3.63) is 81.8 Å². The van der Waals surface area contributed by atoms with E-state index in [1.807, 2.05) is 6.07 Å². The predicted molar refractivity (Wildman–Crippen MR) is 99.4 cm³/mol. The molecule has 1 aromatic heterocycles. The van der Waals surface area contributed by atoms with Gasteiger partial charge >= 0.3 is 6.36 Å². The minimum Gasteiger partial charge on any atom is -0.489 e. The van der Waals surface area contributed by atoms with E-state index < -0.39 is 11.9 Å². The van der Waals surface area contributed by atoms with Crippen LogP contribution >= 0.6 is 0 Å². The van der Waals surface area contributed by atoms with Gasteiger partial charge in [0.25, 0.3) is 5.56 Å². The minimum atomic E-state index is -4.75. The van der Waals surface area contributed by atoms with Gasteiger partial charge in [-0.05, 0) is 54.4 Å². The summed E-state index contributed by atoms with van der Waals surface area (Å²) in [6.07, 6.45) is -4.75. The van der Waals surface area contributed by atoms with Gasteiger partial charge in [0, 0.05) is 11.3 Å². The highest BCUT2D eigenvalue weighted by Gasteiger charge is 2.30. The number of ether oxygens (including phenoxy) is 2. The highest BCUT2D eigenvalue weighted by atomic mass is 19.4. The van der Waals surface area contributed by atoms with Crippen molar-refractivity contribution in [3.63, 3.8) is 0 Å². The fourth-order valence-electron chi connectivity index (χ4n) is 2.76. The van der Waals surface area contributed by atoms with Crippen molar-refractivity contribution in [1.29, 1.82) is 5.26 Å². The number of alkyl halides is 3. The Morgan fingerprint density at radius 3 is 2.41 bits per heavy atom. The van der Waals surface area contributed by atoms with Crippen LogP contribution in [0.5, 0.6) is 11.5 Å². The average Bonchev–Trinajstić information content (AvgIpc) is 2.66. The summed E-state index contributed by atoms with van der Waals surface area (Å²) in [6.45, 7) is 1.88. The SMILES string of the molecule is Cc1cc(-c2cccc(COc3ccc(OC(F)(F)F)cc3)c2)c(C#N)c(=O)[nH]1. The van der Waals surface area contributed by atoms with E-state index in [1.165, 1.54) is 12.1 Å². The number of nitrogens with zero attached hydrogens (tertiary/aromatic N) is 1. The third kappa shape index (κ3) is 5.17. The number of pyridine rings is 1. The lowest BCUT2D eigenvalue weighted by Gasteiger charge is -2.11. The van der Waals surface area contributed by atoms with Crippen molar-refractivity contribution in [2.75, 3.05) is 0 Å². The molecule has 0 aliphatic heterocycles. The van der Waals surface area contributed by atoms with Crippen LogP contribution in [0.2, 0.25) is 0 Å². The van der Waals surface area contributed by atoms with Crippen molar-refractivity contribution < 1.29 is 22.6 Å². The number of nitriles is 1. The normalized spacial score (nSPS) is 11.0. The Morgan fingerprint density at radius 1 is 1.07 bits per heavy atom. The van der Waals surface area contributed by atoms with E-state index in [4.69, 9.17) is 4.74 Å². The van der Waals surface area contributed by atoms with Gasteiger partial charge in [-0.3, -0.25) is 4.79 Å². The van der Waals surface area contributed by atoms with E-state index in [-0.39, 0.29) is 17.9 Å². The first-order valence-corrected chi connectivity index (χ1v) is 8.47. The molecule has 0 radical (unpaired) electrons. The molecule has 0 aliphatic carbocycles. The predicted octanol–water partition coefficient (Wildman–Crippen LogP) is 4.70. The molecule has 0 fully saturated rings. The van der Waals surface area contributed by atoms with Gasteiger partial charge in [0.05, 0.1) is 0 Å². The van der Waals surface area contributed by atoms with Gasteiger partial charge in [-0.25, -0.2) is 0 Å². The number of hydrogen-bond donors (Lipinski definition) is 1. The van der Waals surface area contributed by atoms with Crippen LogP contribution in [0.3, 0.4) is 0 Å². The third-order valence-electron chi connectivity index (χ3n) is 3.98. The molecule has 29 heavy (non-hydrogen) atoms. The summed E-state index contributed by atoms with van der Waals surface area (Å²) in [7, 11) is 0. The summed E-state index contributed by atoms with van der Waals surface area (Å²) < 4.78 is 46.0. The molecule has 0 unspecified atom stereocenters. The first-order chi connectivity index (χ1) is 13.7. The van der Waals surface area contributed by atoms with E-state index in [1.54, 1.807) is 37.3 Å². The van der Waals surface area contributed by atoms with E-state index >= 15 is 0 Å². The number of halogens is 3. The Balaban J connectivity index is 1.76. The average molecular weight is 400 g/mol. The Bertz CT molecular complexity index is 1110. The number of hydrogen-bond acceptors (Lipinski definition) is 4. The monoisotopic (exact) mass is 400 g/mol. The third-order valence-corrected chi connectivity index (χ3v) is 3.98. The van der Waals surface area contributed by atoms with Gasteiger partial charge in [-0.1, -0.05) is 18.2 Å². The Labute approximate surface area is 164 Å².